The van der Waals surface area contributed by atoms with E-state index in [9.17, 15) is 13.2 Å². The van der Waals surface area contributed by atoms with E-state index in [0.717, 1.165) is 49.2 Å². The normalized spacial score (nSPS) is 25.8. The molecule has 144 valence electrons. The van der Waals surface area contributed by atoms with Crippen LogP contribution in [-0.2, 0) is 28.9 Å². The molecular formula is C18H23N5O3S. The van der Waals surface area contributed by atoms with Gasteiger partial charge in [-0.05, 0) is 38.5 Å². The number of hydrogen-bond acceptors (Lipinski definition) is 5. The number of fused-ring (bicyclic) bond motifs is 2. The molecule has 0 bridgehead atoms. The van der Waals surface area contributed by atoms with Crippen molar-refractivity contribution in [3.63, 3.8) is 0 Å². The van der Waals surface area contributed by atoms with Crippen molar-refractivity contribution < 1.29 is 8.42 Å². The van der Waals surface area contributed by atoms with Crippen LogP contribution in [0.4, 0.5) is 0 Å². The lowest BCUT2D eigenvalue weighted by Gasteiger charge is -2.39. The first-order valence-electron chi connectivity index (χ1n) is 9.51. The van der Waals surface area contributed by atoms with Crippen LogP contribution >= 0.6 is 0 Å². The molecule has 3 heterocycles. The van der Waals surface area contributed by atoms with Crippen LogP contribution in [0.5, 0.6) is 0 Å². The molecule has 0 aromatic carbocycles. The van der Waals surface area contributed by atoms with Crippen molar-refractivity contribution in [3.05, 3.63) is 39.8 Å². The Bertz CT molecular complexity index is 1070. The summed E-state index contributed by atoms with van der Waals surface area (Å²) < 4.78 is 29.2. The van der Waals surface area contributed by atoms with E-state index in [-0.39, 0.29) is 15.9 Å². The Hall–Kier alpha value is -2.00. The molecule has 1 atom stereocenters. The zero-order valence-electron chi connectivity index (χ0n) is 15.3. The van der Waals surface area contributed by atoms with Crippen LogP contribution in [0.2, 0.25) is 0 Å². The number of nitrogens with zero attached hydrogens (tertiary/aromatic N) is 4. The Morgan fingerprint density at radius 3 is 2.81 bits per heavy atom. The highest BCUT2D eigenvalue weighted by Crippen LogP contribution is 2.45. The molecule has 1 N–H and O–H groups in total. The summed E-state index contributed by atoms with van der Waals surface area (Å²) in [6.07, 6.45) is 8.16. The maximum Gasteiger partial charge on any atom is 0.254 e. The van der Waals surface area contributed by atoms with Gasteiger partial charge in [0.2, 0.25) is 10.0 Å². The van der Waals surface area contributed by atoms with Gasteiger partial charge in [-0.25, -0.2) is 13.4 Å². The molecule has 1 aliphatic heterocycles. The molecule has 9 heteroatoms. The summed E-state index contributed by atoms with van der Waals surface area (Å²) in [4.78, 5) is 20.6. The number of nitrogens with one attached hydrogen (secondary N) is 1. The molecule has 0 radical (unpaired) electrons. The van der Waals surface area contributed by atoms with E-state index >= 15 is 0 Å². The summed E-state index contributed by atoms with van der Waals surface area (Å²) in [5, 5.41) is 4.01. The van der Waals surface area contributed by atoms with E-state index in [4.69, 9.17) is 4.98 Å². The fourth-order valence-electron chi connectivity index (χ4n) is 4.59. The quantitative estimate of drug-likeness (QED) is 0.846. The monoisotopic (exact) mass is 389 g/mol. The second-order valence-electron chi connectivity index (χ2n) is 8.12. The molecule has 3 aliphatic rings. The van der Waals surface area contributed by atoms with E-state index in [0.29, 0.717) is 25.4 Å². The summed E-state index contributed by atoms with van der Waals surface area (Å²) in [6.45, 7) is 0.880. The fraction of sp³-hybridized carbons (Fsp3) is 0.611. The van der Waals surface area contributed by atoms with Gasteiger partial charge in [-0.3, -0.25) is 9.48 Å². The smallest absolute Gasteiger partial charge is 0.254 e. The molecule has 1 unspecified atom stereocenters. The first-order chi connectivity index (χ1) is 12.9. The van der Waals surface area contributed by atoms with Gasteiger partial charge in [-0.15, -0.1) is 0 Å². The van der Waals surface area contributed by atoms with E-state index < -0.39 is 10.0 Å². The van der Waals surface area contributed by atoms with Crippen molar-refractivity contribution >= 4 is 10.0 Å². The largest absolute Gasteiger partial charge is 0.310 e. The van der Waals surface area contributed by atoms with Gasteiger partial charge in [0.1, 0.15) is 10.7 Å². The zero-order valence-corrected chi connectivity index (χ0v) is 16.1. The second kappa shape index (κ2) is 5.75. The summed E-state index contributed by atoms with van der Waals surface area (Å²) in [5.74, 6) is 1.15. The van der Waals surface area contributed by atoms with Gasteiger partial charge < -0.3 is 4.98 Å². The van der Waals surface area contributed by atoms with E-state index in [1.165, 1.54) is 17.1 Å². The van der Waals surface area contributed by atoms with Crippen LogP contribution in [0.25, 0.3) is 0 Å². The van der Waals surface area contributed by atoms with E-state index in [1.807, 2.05) is 0 Å². The molecule has 1 saturated heterocycles. The van der Waals surface area contributed by atoms with Crippen LogP contribution in [-0.4, -0.2) is 45.6 Å². The second-order valence-corrected chi connectivity index (χ2v) is 10.1. The average Bonchev–Trinajstić information content (AvgIpc) is 3.32. The molecule has 2 aliphatic carbocycles. The van der Waals surface area contributed by atoms with Crippen molar-refractivity contribution in [2.75, 3.05) is 13.1 Å². The van der Waals surface area contributed by atoms with Crippen LogP contribution in [0.15, 0.2) is 22.1 Å². The Morgan fingerprint density at radius 1 is 1.30 bits per heavy atom. The highest BCUT2D eigenvalue weighted by molar-refractivity contribution is 7.89. The Kier molecular flexibility index (Phi) is 3.64. The maximum absolute atomic E-state index is 13.1. The van der Waals surface area contributed by atoms with Crippen LogP contribution in [0, 0.1) is 0 Å². The Labute approximate surface area is 157 Å². The van der Waals surface area contributed by atoms with Gasteiger partial charge in [-0.2, -0.15) is 9.40 Å². The number of H-pyrrole nitrogens is 1. The lowest BCUT2D eigenvalue weighted by Crippen LogP contribution is -2.48. The molecule has 1 saturated carbocycles. The average molecular weight is 389 g/mol. The molecule has 2 aromatic rings. The summed E-state index contributed by atoms with van der Waals surface area (Å²) >= 11 is 0. The number of piperidine rings is 1. The van der Waals surface area contributed by atoms with Crippen LogP contribution < -0.4 is 5.56 Å². The summed E-state index contributed by atoms with van der Waals surface area (Å²) in [6, 6.07) is 0. The lowest BCUT2D eigenvalue weighted by atomic mass is 9.78. The number of rotatable bonds is 3. The highest BCUT2D eigenvalue weighted by Gasteiger charge is 2.47. The predicted octanol–water partition coefficient (Wildman–Crippen LogP) is 1.05. The third-order valence-corrected chi connectivity index (χ3v) is 8.01. The molecule has 1 spiro atoms. The third-order valence-electron chi connectivity index (χ3n) is 6.21. The minimum atomic E-state index is -3.60. The van der Waals surface area contributed by atoms with E-state index in [1.54, 1.807) is 11.4 Å². The van der Waals surface area contributed by atoms with Crippen molar-refractivity contribution in [2.45, 2.75) is 54.8 Å². The molecule has 8 nitrogen and oxygen atoms in total. The van der Waals surface area contributed by atoms with Gasteiger partial charge >= 0.3 is 0 Å². The van der Waals surface area contributed by atoms with Crippen molar-refractivity contribution in [3.8, 4) is 0 Å². The van der Waals surface area contributed by atoms with Crippen molar-refractivity contribution in [1.29, 1.82) is 0 Å². The van der Waals surface area contributed by atoms with Crippen molar-refractivity contribution in [2.24, 2.45) is 7.05 Å². The van der Waals surface area contributed by atoms with Crippen LogP contribution in [0.1, 0.15) is 55.1 Å². The SMILES string of the molecule is Cn1cc(S(=O)(=O)N2CCCC3(CCc4c3nc(C3CC3)[nH]c4=O)C2)cn1. The first kappa shape index (κ1) is 17.1. The summed E-state index contributed by atoms with van der Waals surface area (Å²) in [7, 11) is -1.89. The molecule has 2 fully saturated rings. The minimum absolute atomic E-state index is 0.0361. The summed E-state index contributed by atoms with van der Waals surface area (Å²) in [5.41, 5.74) is 1.21. The number of sulfonamides is 1. The van der Waals surface area contributed by atoms with Gasteiger partial charge in [0.25, 0.3) is 5.56 Å². The lowest BCUT2D eigenvalue weighted by molar-refractivity contribution is 0.219. The fourth-order valence-corrected chi connectivity index (χ4v) is 6.14. The van der Waals surface area contributed by atoms with Gasteiger partial charge in [0.05, 0.1) is 11.9 Å². The molecular weight excluding hydrogens is 366 g/mol. The zero-order chi connectivity index (χ0) is 18.8. The van der Waals surface area contributed by atoms with Crippen LogP contribution in [0.3, 0.4) is 0 Å². The molecule has 2 aromatic heterocycles. The molecule has 5 rings (SSSR count). The molecule has 0 amide bonds. The van der Waals surface area contributed by atoms with Gasteiger partial charge in [0.15, 0.2) is 0 Å². The topological polar surface area (TPSA) is 101 Å². The minimum Gasteiger partial charge on any atom is -0.310 e. The Balaban J connectivity index is 1.53. The maximum atomic E-state index is 13.1. The number of aromatic nitrogens is 4. The highest BCUT2D eigenvalue weighted by atomic mass is 32.2. The van der Waals surface area contributed by atoms with Crippen molar-refractivity contribution in [1.82, 2.24) is 24.1 Å². The van der Waals surface area contributed by atoms with Gasteiger partial charge in [0, 0.05) is 43.2 Å². The first-order valence-corrected chi connectivity index (χ1v) is 11.0. The van der Waals surface area contributed by atoms with E-state index in [2.05, 4.69) is 10.1 Å². The standard InChI is InChI=1S/C18H23N5O3S/c1-22-10-13(9-19-22)27(25,26)23-8-2-6-18(11-23)7-5-14-15(18)20-16(12-3-4-12)21-17(14)24/h9-10,12H,2-8,11H2,1H3,(H,20,21,24). The number of hydrogen-bond donors (Lipinski definition) is 1. The molecule has 27 heavy (non-hydrogen) atoms. The number of aryl methyl sites for hydroxylation is 1. The third kappa shape index (κ3) is 2.67. The predicted molar refractivity (Wildman–Crippen MR) is 98.0 cm³/mol. The number of aromatic amines is 1. The Morgan fingerprint density at radius 2 is 2.11 bits per heavy atom. The van der Waals surface area contributed by atoms with Gasteiger partial charge in [-0.1, -0.05) is 0 Å².